The van der Waals surface area contributed by atoms with Crippen LogP contribution in [0.3, 0.4) is 0 Å². The first-order valence-electron chi connectivity index (χ1n) is 6.40. The van der Waals surface area contributed by atoms with Crippen LogP contribution < -0.4 is 5.43 Å². The van der Waals surface area contributed by atoms with E-state index in [1.165, 1.54) is 24.4 Å². The van der Waals surface area contributed by atoms with Crippen molar-refractivity contribution in [3.05, 3.63) is 64.7 Å². The molecule has 1 N–H and O–H groups in total. The van der Waals surface area contributed by atoms with E-state index in [9.17, 15) is 13.2 Å². The first-order chi connectivity index (χ1) is 9.88. The van der Waals surface area contributed by atoms with Crippen molar-refractivity contribution in [2.75, 3.05) is 5.43 Å². The Labute approximate surface area is 121 Å². The summed E-state index contributed by atoms with van der Waals surface area (Å²) in [6.45, 7) is 3.91. The fourth-order valence-corrected chi connectivity index (χ4v) is 1.97. The number of rotatable bonds is 3. The van der Waals surface area contributed by atoms with Crippen LogP contribution in [-0.4, -0.2) is 6.21 Å². The van der Waals surface area contributed by atoms with Gasteiger partial charge < -0.3 is 0 Å². The van der Waals surface area contributed by atoms with Gasteiger partial charge in [0.25, 0.3) is 0 Å². The first kappa shape index (κ1) is 15.1. The number of aryl methyl sites for hydroxylation is 2. The van der Waals surface area contributed by atoms with E-state index < -0.39 is 11.7 Å². The molecule has 0 aliphatic rings. The van der Waals surface area contributed by atoms with Crippen molar-refractivity contribution in [1.82, 2.24) is 0 Å². The smallest absolute Gasteiger partial charge is 0.278 e. The lowest BCUT2D eigenvalue weighted by Crippen LogP contribution is -2.08. The number of alkyl halides is 3. The van der Waals surface area contributed by atoms with Crippen molar-refractivity contribution < 1.29 is 13.2 Å². The summed E-state index contributed by atoms with van der Waals surface area (Å²) in [6.07, 6.45) is -2.89. The Morgan fingerprint density at radius 1 is 1.05 bits per heavy atom. The summed E-state index contributed by atoms with van der Waals surface area (Å²) in [5, 5.41) is 3.90. The van der Waals surface area contributed by atoms with E-state index in [2.05, 4.69) is 10.5 Å². The van der Waals surface area contributed by atoms with Gasteiger partial charge in [-0.15, -0.1) is 0 Å². The summed E-state index contributed by atoms with van der Waals surface area (Å²) < 4.78 is 38.4. The second-order valence-corrected chi connectivity index (χ2v) is 4.77. The van der Waals surface area contributed by atoms with E-state index in [1.807, 2.05) is 32.0 Å². The molecule has 0 aliphatic carbocycles. The summed E-state index contributed by atoms with van der Waals surface area (Å²) in [6, 6.07) is 11.1. The number of hydrogen-bond donors (Lipinski definition) is 1. The Balaban J connectivity index is 2.18. The zero-order valence-electron chi connectivity index (χ0n) is 11.7. The Morgan fingerprint density at radius 3 is 2.43 bits per heavy atom. The fourth-order valence-electron chi connectivity index (χ4n) is 1.97. The van der Waals surface area contributed by atoms with Crippen molar-refractivity contribution in [3.8, 4) is 0 Å². The second kappa shape index (κ2) is 5.99. The van der Waals surface area contributed by atoms with E-state index in [-0.39, 0.29) is 5.69 Å². The zero-order chi connectivity index (χ0) is 15.5. The fraction of sp³-hybridized carbons (Fsp3) is 0.188. The predicted molar refractivity (Wildman–Crippen MR) is 78.6 cm³/mol. The number of halogens is 3. The molecule has 0 radical (unpaired) electrons. The minimum atomic E-state index is -4.40. The van der Waals surface area contributed by atoms with Crippen LogP contribution >= 0.6 is 0 Å². The van der Waals surface area contributed by atoms with Gasteiger partial charge in [-0.3, -0.25) is 5.43 Å². The molecule has 0 fully saturated rings. The van der Waals surface area contributed by atoms with Gasteiger partial charge in [0.1, 0.15) is 0 Å². The molecule has 0 heterocycles. The summed E-state index contributed by atoms with van der Waals surface area (Å²) in [5.41, 5.74) is 4.66. The van der Waals surface area contributed by atoms with Crippen LogP contribution in [0, 0.1) is 13.8 Å². The third kappa shape index (κ3) is 3.84. The van der Waals surface area contributed by atoms with E-state index in [4.69, 9.17) is 0 Å². The van der Waals surface area contributed by atoms with Gasteiger partial charge in [0, 0.05) is 0 Å². The highest BCUT2D eigenvalue weighted by molar-refractivity contribution is 5.82. The van der Waals surface area contributed by atoms with Gasteiger partial charge >= 0.3 is 6.18 Å². The molecule has 2 aromatic rings. The van der Waals surface area contributed by atoms with Crippen LogP contribution in [-0.2, 0) is 6.18 Å². The highest BCUT2D eigenvalue weighted by Gasteiger charge is 2.33. The van der Waals surface area contributed by atoms with Crippen molar-refractivity contribution in [3.63, 3.8) is 0 Å². The SMILES string of the molecule is Cc1ccc(C=NNc2ccccc2C(F)(F)F)c(C)c1. The third-order valence-electron chi connectivity index (χ3n) is 3.05. The first-order valence-corrected chi connectivity index (χ1v) is 6.40. The molecule has 0 saturated heterocycles. The lowest BCUT2D eigenvalue weighted by atomic mass is 10.1. The summed E-state index contributed by atoms with van der Waals surface area (Å²) >= 11 is 0. The van der Waals surface area contributed by atoms with E-state index >= 15 is 0 Å². The number of hydrazone groups is 1. The molecule has 0 amide bonds. The van der Waals surface area contributed by atoms with E-state index in [0.29, 0.717) is 0 Å². The van der Waals surface area contributed by atoms with Crippen molar-refractivity contribution >= 4 is 11.9 Å². The average molecular weight is 292 g/mol. The van der Waals surface area contributed by atoms with Crippen LogP contribution in [0.25, 0.3) is 0 Å². The zero-order valence-corrected chi connectivity index (χ0v) is 11.7. The Kier molecular flexibility index (Phi) is 4.31. The van der Waals surface area contributed by atoms with Gasteiger partial charge in [0.05, 0.1) is 17.5 Å². The molecule has 0 aromatic heterocycles. The summed E-state index contributed by atoms with van der Waals surface area (Å²) in [7, 11) is 0. The maximum Gasteiger partial charge on any atom is 0.418 e. The minimum Gasteiger partial charge on any atom is -0.278 e. The molecule has 2 rings (SSSR count). The highest BCUT2D eigenvalue weighted by Crippen LogP contribution is 2.34. The van der Waals surface area contributed by atoms with Gasteiger partial charge in [0.2, 0.25) is 0 Å². The van der Waals surface area contributed by atoms with Gasteiger partial charge in [0.15, 0.2) is 0 Å². The molecule has 2 aromatic carbocycles. The molecule has 110 valence electrons. The standard InChI is InChI=1S/C16H15F3N2/c1-11-7-8-13(12(2)9-11)10-20-21-15-6-4-3-5-14(15)16(17,18)19/h3-10,21H,1-2H3. The van der Waals surface area contributed by atoms with E-state index in [1.54, 1.807) is 0 Å². The Bertz CT molecular complexity index is 661. The summed E-state index contributed by atoms with van der Waals surface area (Å²) in [5.74, 6) is 0. The third-order valence-corrected chi connectivity index (χ3v) is 3.05. The van der Waals surface area contributed by atoms with Crippen LogP contribution in [0.15, 0.2) is 47.6 Å². The Hall–Kier alpha value is -2.30. The summed E-state index contributed by atoms with van der Waals surface area (Å²) in [4.78, 5) is 0. The lowest BCUT2D eigenvalue weighted by molar-refractivity contribution is -0.136. The molecule has 0 unspecified atom stereocenters. The molecule has 0 saturated carbocycles. The van der Waals surface area contributed by atoms with Crippen molar-refractivity contribution in [2.24, 2.45) is 5.10 Å². The molecule has 0 bridgehead atoms. The predicted octanol–water partition coefficient (Wildman–Crippen LogP) is 4.77. The molecule has 21 heavy (non-hydrogen) atoms. The number of nitrogens with one attached hydrogen (secondary N) is 1. The number of para-hydroxylation sites is 1. The van der Waals surface area contributed by atoms with Gasteiger partial charge in [-0.05, 0) is 37.1 Å². The largest absolute Gasteiger partial charge is 0.418 e. The second-order valence-electron chi connectivity index (χ2n) is 4.77. The molecule has 0 atom stereocenters. The number of anilines is 1. The molecule has 5 heteroatoms. The molecule has 0 aliphatic heterocycles. The average Bonchev–Trinajstić information content (AvgIpc) is 2.41. The maximum absolute atomic E-state index is 12.8. The molecular formula is C16H15F3N2. The highest BCUT2D eigenvalue weighted by atomic mass is 19.4. The number of hydrogen-bond acceptors (Lipinski definition) is 2. The van der Waals surface area contributed by atoms with Gasteiger partial charge in [-0.25, -0.2) is 0 Å². The van der Waals surface area contributed by atoms with Crippen LogP contribution in [0.2, 0.25) is 0 Å². The molecule has 0 spiro atoms. The van der Waals surface area contributed by atoms with Gasteiger partial charge in [-0.2, -0.15) is 18.3 Å². The monoisotopic (exact) mass is 292 g/mol. The number of nitrogens with zero attached hydrogens (tertiary/aromatic N) is 1. The van der Waals surface area contributed by atoms with Crippen LogP contribution in [0.1, 0.15) is 22.3 Å². The topological polar surface area (TPSA) is 24.4 Å². The number of benzene rings is 2. The quantitative estimate of drug-likeness (QED) is 0.639. The van der Waals surface area contributed by atoms with E-state index in [0.717, 1.165) is 22.8 Å². The Morgan fingerprint density at radius 2 is 1.76 bits per heavy atom. The molecule has 2 nitrogen and oxygen atoms in total. The van der Waals surface area contributed by atoms with Crippen molar-refractivity contribution in [1.29, 1.82) is 0 Å². The molecular weight excluding hydrogens is 277 g/mol. The maximum atomic E-state index is 12.8. The minimum absolute atomic E-state index is 0.0639. The van der Waals surface area contributed by atoms with Crippen LogP contribution in [0.5, 0.6) is 0 Å². The lowest BCUT2D eigenvalue weighted by Gasteiger charge is -2.11. The van der Waals surface area contributed by atoms with Crippen molar-refractivity contribution in [2.45, 2.75) is 20.0 Å². The normalized spacial score (nSPS) is 11.9. The van der Waals surface area contributed by atoms with Gasteiger partial charge in [-0.1, -0.05) is 35.9 Å². The van der Waals surface area contributed by atoms with Crippen LogP contribution in [0.4, 0.5) is 18.9 Å².